The van der Waals surface area contributed by atoms with Crippen molar-refractivity contribution in [2.75, 3.05) is 7.05 Å². The predicted octanol–water partition coefficient (Wildman–Crippen LogP) is 2.94. The molecular weight excluding hydrogens is 264 g/mol. The first-order chi connectivity index (χ1) is 9.49. The summed E-state index contributed by atoms with van der Waals surface area (Å²) in [6.07, 6.45) is 0. The highest BCUT2D eigenvalue weighted by Gasteiger charge is 2.16. The minimum atomic E-state index is -0.707. The van der Waals surface area contributed by atoms with Gasteiger partial charge in [0.2, 0.25) is 0 Å². The average Bonchev–Trinajstić information content (AvgIpc) is 2.41. The zero-order valence-electron chi connectivity index (χ0n) is 10.8. The molecule has 0 saturated heterocycles. The third-order valence-electron chi connectivity index (χ3n) is 2.90. The average molecular weight is 277 g/mol. The topological polar surface area (TPSA) is 40.5 Å². The Bertz CT molecular complexity index is 644. The molecule has 0 unspecified atom stereocenters. The van der Waals surface area contributed by atoms with E-state index < -0.39 is 17.5 Å². The van der Waals surface area contributed by atoms with Gasteiger partial charge in [0.05, 0.1) is 5.56 Å². The lowest BCUT2D eigenvalue weighted by atomic mass is 10.1. The highest BCUT2D eigenvalue weighted by Crippen LogP contribution is 2.19. The van der Waals surface area contributed by atoms with Crippen molar-refractivity contribution in [3.05, 3.63) is 65.2 Å². The van der Waals surface area contributed by atoms with E-state index in [1.54, 1.807) is 12.1 Å². The van der Waals surface area contributed by atoms with Crippen LogP contribution in [-0.4, -0.2) is 23.0 Å². The van der Waals surface area contributed by atoms with E-state index in [9.17, 15) is 18.7 Å². The van der Waals surface area contributed by atoms with E-state index in [2.05, 4.69) is 0 Å². The standard InChI is InChI=1S/C15H13F2NO2/c1-18(9-10-6-7-11(16)8-13(10)17)15(20)12-4-2-3-5-14(12)19/h2-8,19H,9H2,1H3. The van der Waals surface area contributed by atoms with Crippen molar-refractivity contribution in [2.45, 2.75) is 6.54 Å². The van der Waals surface area contributed by atoms with Gasteiger partial charge in [-0.1, -0.05) is 18.2 Å². The molecule has 2 rings (SSSR count). The molecule has 0 heterocycles. The number of hydrogen-bond donors (Lipinski definition) is 1. The Balaban J connectivity index is 2.18. The van der Waals surface area contributed by atoms with Gasteiger partial charge in [-0.2, -0.15) is 0 Å². The van der Waals surface area contributed by atoms with Crippen LogP contribution in [0.25, 0.3) is 0 Å². The number of rotatable bonds is 3. The van der Waals surface area contributed by atoms with E-state index in [0.29, 0.717) is 0 Å². The smallest absolute Gasteiger partial charge is 0.257 e. The van der Waals surface area contributed by atoms with Crippen LogP contribution in [0, 0.1) is 11.6 Å². The first-order valence-electron chi connectivity index (χ1n) is 5.96. The van der Waals surface area contributed by atoms with Gasteiger partial charge in [0.25, 0.3) is 5.91 Å². The second-order valence-electron chi connectivity index (χ2n) is 4.41. The number of benzene rings is 2. The van der Waals surface area contributed by atoms with E-state index >= 15 is 0 Å². The van der Waals surface area contributed by atoms with Crippen LogP contribution in [0.1, 0.15) is 15.9 Å². The van der Waals surface area contributed by atoms with E-state index in [1.165, 1.54) is 30.1 Å². The molecular formula is C15H13F2NO2. The Hall–Kier alpha value is -2.43. The molecule has 0 saturated carbocycles. The lowest BCUT2D eigenvalue weighted by molar-refractivity contribution is 0.0781. The maximum absolute atomic E-state index is 13.5. The number of aromatic hydroxyl groups is 1. The summed E-state index contributed by atoms with van der Waals surface area (Å²) in [7, 11) is 1.48. The van der Waals surface area contributed by atoms with Crippen LogP contribution >= 0.6 is 0 Å². The van der Waals surface area contributed by atoms with Crippen molar-refractivity contribution in [1.29, 1.82) is 0 Å². The molecule has 0 aliphatic carbocycles. The van der Waals surface area contributed by atoms with Crippen LogP contribution in [0.2, 0.25) is 0 Å². The van der Waals surface area contributed by atoms with Crippen LogP contribution in [-0.2, 0) is 6.54 Å². The molecule has 104 valence electrons. The fourth-order valence-electron chi connectivity index (χ4n) is 1.84. The Morgan fingerprint density at radius 3 is 2.55 bits per heavy atom. The molecule has 0 fully saturated rings. The quantitative estimate of drug-likeness (QED) is 0.937. The van der Waals surface area contributed by atoms with Gasteiger partial charge in [-0.05, 0) is 18.2 Å². The summed E-state index contributed by atoms with van der Waals surface area (Å²) in [5.74, 6) is -1.95. The Morgan fingerprint density at radius 2 is 1.90 bits per heavy atom. The molecule has 2 aromatic rings. The molecule has 0 aliphatic rings. The molecule has 1 amide bonds. The van der Waals surface area contributed by atoms with Gasteiger partial charge in [-0.15, -0.1) is 0 Å². The maximum Gasteiger partial charge on any atom is 0.257 e. The first kappa shape index (κ1) is 14.0. The summed E-state index contributed by atoms with van der Waals surface area (Å²) in [5, 5.41) is 9.62. The molecule has 0 spiro atoms. The second kappa shape index (κ2) is 5.69. The van der Waals surface area contributed by atoms with Crippen molar-refractivity contribution >= 4 is 5.91 Å². The molecule has 0 radical (unpaired) electrons. The highest BCUT2D eigenvalue weighted by molar-refractivity contribution is 5.96. The lowest BCUT2D eigenvalue weighted by Gasteiger charge is -2.18. The van der Waals surface area contributed by atoms with Gasteiger partial charge in [-0.25, -0.2) is 8.78 Å². The summed E-state index contributed by atoms with van der Waals surface area (Å²) in [5.41, 5.74) is 0.343. The van der Waals surface area contributed by atoms with Crippen LogP contribution in [0.15, 0.2) is 42.5 Å². The zero-order chi connectivity index (χ0) is 14.7. The van der Waals surface area contributed by atoms with Crippen molar-refractivity contribution in [3.8, 4) is 5.75 Å². The highest BCUT2D eigenvalue weighted by atomic mass is 19.1. The third-order valence-corrected chi connectivity index (χ3v) is 2.90. The van der Waals surface area contributed by atoms with Crippen molar-refractivity contribution < 1.29 is 18.7 Å². The number of phenolic OH excluding ortho intramolecular Hbond substituents is 1. The molecule has 3 nitrogen and oxygen atoms in total. The number of nitrogens with zero attached hydrogens (tertiary/aromatic N) is 1. The Labute approximate surface area is 115 Å². The number of carbonyl (C=O) groups is 1. The number of para-hydroxylation sites is 1. The van der Waals surface area contributed by atoms with E-state index in [4.69, 9.17) is 0 Å². The fraction of sp³-hybridized carbons (Fsp3) is 0.133. The SMILES string of the molecule is CN(Cc1ccc(F)cc1F)C(=O)c1ccccc1O. The van der Waals surface area contributed by atoms with Gasteiger partial charge in [0.1, 0.15) is 17.4 Å². The van der Waals surface area contributed by atoms with Crippen LogP contribution < -0.4 is 0 Å². The van der Waals surface area contributed by atoms with Crippen molar-refractivity contribution in [1.82, 2.24) is 4.90 Å². The number of amides is 1. The second-order valence-corrected chi connectivity index (χ2v) is 4.41. The molecule has 0 aliphatic heterocycles. The molecule has 2 aromatic carbocycles. The molecule has 0 aromatic heterocycles. The summed E-state index contributed by atoms with van der Waals surface area (Å²) in [4.78, 5) is 13.4. The zero-order valence-corrected chi connectivity index (χ0v) is 10.8. The van der Waals surface area contributed by atoms with Crippen molar-refractivity contribution in [2.24, 2.45) is 0 Å². The molecule has 5 heteroatoms. The van der Waals surface area contributed by atoms with Crippen LogP contribution in [0.4, 0.5) is 8.78 Å². The Kier molecular flexibility index (Phi) is 3.98. The molecule has 1 N–H and O–H groups in total. The maximum atomic E-state index is 13.5. The van der Waals surface area contributed by atoms with E-state index in [-0.39, 0.29) is 23.4 Å². The minimum Gasteiger partial charge on any atom is -0.507 e. The van der Waals surface area contributed by atoms with Crippen molar-refractivity contribution in [3.63, 3.8) is 0 Å². The number of halogens is 2. The third kappa shape index (κ3) is 2.93. The van der Waals surface area contributed by atoms with E-state index in [1.807, 2.05) is 0 Å². The minimum absolute atomic E-state index is 0.0146. The lowest BCUT2D eigenvalue weighted by Crippen LogP contribution is -2.26. The number of hydrogen-bond acceptors (Lipinski definition) is 2. The van der Waals surface area contributed by atoms with Gasteiger partial charge < -0.3 is 10.0 Å². The van der Waals surface area contributed by atoms with Gasteiger partial charge >= 0.3 is 0 Å². The normalized spacial score (nSPS) is 10.3. The van der Waals surface area contributed by atoms with Gasteiger partial charge in [-0.3, -0.25) is 4.79 Å². The van der Waals surface area contributed by atoms with Crippen LogP contribution in [0.5, 0.6) is 5.75 Å². The predicted molar refractivity (Wildman–Crippen MR) is 70.3 cm³/mol. The van der Waals surface area contributed by atoms with Gasteiger partial charge in [0.15, 0.2) is 0 Å². The fourth-order valence-corrected chi connectivity index (χ4v) is 1.84. The Morgan fingerprint density at radius 1 is 1.20 bits per heavy atom. The monoisotopic (exact) mass is 277 g/mol. The molecule has 20 heavy (non-hydrogen) atoms. The largest absolute Gasteiger partial charge is 0.507 e. The van der Waals surface area contributed by atoms with E-state index in [0.717, 1.165) is 12.1 Å². The van der Waals surface area contributed by atoms with Gasteiger partial charge in [0, 0.05) is 25.2 Å². The summed E-state index contributed by atoms with van der Waals surface area (Å²) < 4.78 is 26.3. The molecule has 0 bridgehead atoms. The first-order valence-corrected chi connectivity index (χ1v) is 5.96. The number of carbonyl (C=O) groups excluding carboxylic acids is 1. The number of phenols is 1. The summed E-state index contributed by atoms with van der Waals surface area (Å²) >= 11 is 0. The summed E-state index contributed by atoms with van der Waals surface area (Å²) in [6, 6.07) is 9.31. The summed E-state index contributed by atoms with van der Waals surface area (Å²) in [6.45, 7) is -0.0146. The molecule has 0 atom stereocenters. The van der Waals surface area contributed by atoms with Crippen LogP contribution in [0.3, 0.4) is 0 Å².